The van der Waals surface area contributed by atoms with E-state index in [2.05, 4.69) is 24.0 Å². The van der Waals surface area contributed by atoms with Crippen LogP contribution in [0.15, 0.2) is 0 Å². The average molecular weight is 136 g/mol. The molecule has 5 nitrogen and oxygen atoms in total. The maximum Gasteiger partial charge on any atom is 0.696 e. The summed E-state index contributed by atoms with van der Waals surface area (Å²) in [4.78, 5) is 17.2. The molecule has 0 unspecified atom stereocenters. The van der Waals surface area contributed by atoms with Gasteiger partial charge in [0.1, 0.15) is 0 Å². The lowest BCUT2D eigenvalue weighted by atomic mass is 10.3. The van der Waals surface area contributed by atoms with Crippen LogP contribution in [-0.4, -0.2) is 28.7 Å². The molecule has 0 saturated carbocycles. The van der Waals surface area contributed by atoms with Gasteiger partial charge < -0.3 is 4.65 Å². The Bertz CT molecular complexity index is 54.2. The molecule has 0 radical (unpaired) electrons. The second-order valence-corrected chi connectivity index (χ2v) is 1.05. The Labute approximate surface area is 53.8 Å². The Morgan fingerprint density at radius 1 is 0.889 bits per heavy atom. The summed E-state index contributed by atoms with van der Waals surface area (Å²) in [6, 6.07) is 0. The van der Waals surface area contributed by atoms with Gasteiger partial charge in [0.25, 0.3) is 0 Å². The monoisotopic (exact) mass is 136 g/mol. The topological polar surface area (TPSA) is 46.2 Å². The molecule has 0 heterocycles. The van der Waals surface area contributed by atoms with Gasteiger partial charge in [0, 0.05) is 7.11 Å². The first-order valence-corrected chi connectivity index (χ1v) is 2.27. The normalized spacial score (nSPS) is 9.67. The van der Waals surface area contributed by atoms with Gasteiger partial charge in [-0.1, -0.05) is 0 Å². The van der Waals surface area contributed by atoms with E-state index >= 15 is 0 Å². The Morgan fingerprint density at radius 2 is 1.33 bits per heavy atom. The summed E-state index contributed by atoms with van der Waals surface area (Å²) >= 11 is 0. The Hall–Kier alpha value is -0.135. The highest BCUT2D eigenvalue weighted by atomic mass is 17.3. The van der Waals surface area contributed by atoms with Crippen molar-refractivity contribution in [2.75, 3.05) is 21.3 Å². The molecule has 0 rings (SSSR count). The van der Waals surface area contributed by atoms with Crippen molar-refractivity contribution >= 4 is 7.32 Å². The number of hydrogen-bond donors (Lipinski definition) is 0. The van der Waals surface area contributed by atoms with Crippen molar-refractivity contribution in [3.8, 4) is 0 Å². The second kappa shape index (κ2) is 5.99. The third kappa shape index (κ3) is 4.37. The highest BCUT2D eigenvalue weighted by Gasteiger charge is 2.21. The van der Waals surface area contributed by atoms with Crippen molar-refractivity contribution in [3.05, 3.63) is 0 Å². The van der Waals surface area contributed by atoms with Crippen LogP contribution < -0.4 is 0 Å². The SMILES string of the molecule is COOB(OC)OOC. The summed E-state index contributed by atoms with van der Waals surface area (Å²) in [5.41, 5.74) is 0. The third-order valence-corrected chi connectivity index (χ3v) is 0.542. The molecule has 0 saturated heterocycles. The van der Waals surface area contributed by atoms with Crippen LogP contribution in [0.4, 0.5) is 0 Å². The Kier molecular flexibility index (Phi) is 5.90. The van der Waals surface area contributed by atoms with Crippen LogP contribution in [0.1, 0.15) is 0 Å². The minimum Gasteiger partial charge on any atom is -0.386 e. The van der Waals surface area contributed by atoms with Crippen molar-refractivity contribution in [2.45, 2.75) is 0 Å². The minimum atomic E-state index is -0.931. The molecule has 54 valence electrons. The van der Waals surface area contributed by atoms with Crippen molar-refractivity contribution in [3.63, 3.8) is 0 Å². The van der Waals surface area contributed by atoms with Crippen LogP contribution in [-0.2, 0) is 24.0 Å². The highest BCUT2D eigenvalue weighted by molar-refractivity contribution is 6.35. The predicted molar refractivity (Wildman–Crippen MR) is 29.0 cm³/mol. The Balaban J connectivity index is 3.18. The molecule has 0 fully saturated rings. The standard InChI is InChI=1S/C3H9BO5/c1-5-4(8-6-2)9-7-3/h1-3H3. The zero-order valence-electron chi connectivity index (χ0n) is 5.62. The molecular formula is C3H9BO5. The summed E-state index contributed by atoms with van der Waals surface area (Å²) in [5, 5.41) is 0. The van der Waals surface area contributed by atoms with Crippen molar-refractivity contribution < 1.29 is 24.0 Å². The Morgan fingerprint density at radius 3 is 1.56 bits per heavy atom. The fourth-order valence-corrected chi connectivity index (χ4v) is 0.252. The van der Waals surface area contributed by atoms with Gasteiger partial charge in [0.15, 0.2) is 0 Å². The van der Waals surface area contributed by atoms with Gasteiger partial charge in [-0.3, -0.25) is 9.78 Å². The zero-order valence-corrected chi connectivity index (χ0v) is 5.62. The summed E-state index contributed by atoms with van der Waals surface area (Å²) in [6.07, 6.45) is 0. The van der Waals surface area contributed by atoms with E-state index < -0.39 is 7.32 Å². The molecule has 0 aliphatic carbocycles. The van der Waals surface area contributed by atoms with Crippen LogP contribution in [0.25, 0.3) is 0 Å². The first-order valence-electron chi connectivity index (χ1n) is 2.27. The maximum atomic E-state index is 4.54. The lowest BCUT2D eigenvalue weighted by Crippen LogP contribution is -2.24. The van der Waals surface area contributed by atoms with E-state index in [0.29, 0.717) is 0 Å². The molecule has 0 aromatic rings. The molecule has 0 N–H and O–H groups in total. The van der Waals surface area contributed by atoms with Crippen molar-refractivity contribution in [1.29, 1.82) is 0 Å². The number of rotatable bonds is 5. The van der Waals surface area contributed by atoms with Crippen LogP contribution in [0.3, 0.4) is 0 Å². The predicted octanol–water partition coefficient (Wildman–Crippen LogP) is -0.226. The molecule has 0 bridgehead atoms. The van der Waals surface area contributed by atoms with Gasteiger partial charge in [-0.05, 0) is 0 Å². The fourth-order valence-electron chi connectivity index (χ4n) is 0.252. The van der Waals surface area contributed by atoms with E-state index in [0.717, 1.165) is 0 Å². The van der Waals surface area contributed by atoms with Gasteiger partial charge in [-0.25, -0.2) is 9.61 Å². The van der Waals surface area contributed by atoms with Gasteiger partial charge >= 0.3 is 7.32 Å². The zero-order chi connectivity index (χ0) is 7.11. The van der Waals surface area contributed by atoms with Crippen LogP contribution in [0, 0.1) is 0 Å². The minimum absolute atomic E-state index is 0.931. The van der Waals surface area contributed by atoms with E-state index in [-0.39, 0.29) is 0 Å². The molecule has 0 aromatic heterocycles. The first-order chi connectivity index (χ1) is 4.35. The average Bonchev–Trinajstić information content (AvgIpc) is 1.88. The van der Waals surface area contributed by atoms with E-state index in [1.54, 1.807) is 0 Å². The van der Waals surface area contributed by atoms with Gasteiger partial charge in [-0.2, -0.15) is 0 Å². The molecular weight excluding hydrogens is 127 g/mol. The lowest BCUT2D eigenvalue weighted by Gasteiger charge is -2.04. The summed E-state index contributed by atoms with van der Waals surface area (Å²) in [7, 11) is 3.14. The fraction of sp³-hybridized carbons (Fsp3) is 1.00. The van der Waals surface area contributed by atoms with E-state index in [1.165, 1.54) is 21.3 Å². The molecule has 0 aliphatic rings. The van der Waals surface area contributed by atoms with Crippen LogP contribution in [0.5, 0.6) is 0 Å². The molecule has 0 aromatic carbocycles. The first kappa shape index (κ1) is 8.86. The largest absolute Gasteiger partial charge is 0.696 e. The smallest absolute Gasteiger partial charge is 0.386 e. The van der Waals surface area contributed by atoms with Gasteiger partial charge in [0.05, 0.1) is 14.2 Å². The summed E-state index contributed by atoms with van der Waals surface area (Å²) < 4.78 is 4.54. The summed E-state index contributed by atoms with van der Waals surface area (Å²) in [6.45, 7) is 0. The van der Waals surface area contributed by atoms with E-state index in [4.69, 9.17) is 0 Å². The van der Waals surface area contributed by atoms with Crippen molar-refractivity contribution in [1.82, 2.24) is 0 Å². The maximum absolute atomic E-state index is 4.54. The van der Waals surface area contributed by atoms with Gasteiger partial charge in [-0.15, -0.1) is 0 Å². The molecule has 9 heavy (non-hydrogen) atoms. The highest BCUT2D eigenvalue weighted by Crippen LogP contribution is 1.88. The molecule has 0 spiro atoms. The lowest BCUT2D eigenvalue weighted by molar-refractivity contribution is -0.277. The molecule has 0 aliphatic heterocycles. The van der Waals surface area contributed by atoms with E-state index in [1.807, 2.05) is 0 Å². The van der Waals surface area contributed by atoms with E-state index in [9.17, 15) is 0 Å². The number of hydrogen-bond acceptors (Lipinski definition) is 5. The molecule has 6 heteroatoms. The summed E-state index contributed by atoms with van der Waals surface area (Å²) in [5.74, 6) is 0. The van der Waals surface area contributed by atoms with Crippen LogP contribution in [0.2, 0.25) is 0 Å². The second-order valence-electron chi connectivity index (χ2n) is 1.05. The van der Waals surface area contributed by atoms with Gasteiger partial charge in [0.2, 0.25) is 0 Å². The third-order valence-electron chi connectivity index (χ3n) is 0.542. The van der Waals surface area contributed by atoms with Crippen molar-refractivity contribution in [2.24, 2.45) is 0 Å². The molecule has 0 amide bonds. The van der Waals surface area contributed by atoms with Crippen LogP contribution >= 0.6 is 0 Å². The molecule has 0 atom stereocenters. The quantitative estimate of drug-likeness (QED) is 0.297.